The van der Waals surface area contributed by atoms with Gasteiger partial charge in [-0.1, -0.05) is 66.2 Å². The average molecular weight is 560 g/mol. The number of fused-ring (bicyclic) bond motifs is 7. The van der Waals surface area contributed by atoms with Crippen LogP contribution in [0.4, 0.5) is 5.69 Å². The molecule has 4 heteroatoms. The van der Waals surface area contributed by atoms with Crippen molar-refractivity contribution in [3.8, 4) is 0 Å². The molecule has 0 spiro atoms. The van der Waals surface area contributed by atoms with E-state index in [4.69, 9.17) is 0 Å². The highest BCUT2D eigenvalue weighted by molar-refractivity contribution is 6.10. The van der Waals surface area contributed by atoms with E-state index in [2.05, 4.69) is 60.7 Å². The number of aliphatic hydroxyl groups is 1. The van der Waals surface area contributed by atoms with Gasteiger partial charge in [0.1, 0.15) is 0 Å². The van der Waals surface area contributed by atoms with Crippen LogP contribution in [0.5, 0.6) is 0 Å². The molecule has 2 N–H and O–H groups in total. The van der Waals surface area contributed by atoms with Gasteiger partial charge in [0, 0.05) is 12.1 Å². The van der Waals surface area contributed by atoms with Gasteiger partial charge in [0.05, 0.1) is 11.5 Å². The number of nitrogens with one attached hydrogen (secondary N) is 1. The van der Waals surface area contributed by atoms with E-state index in [-0.39, 0.29) is 51.3 Å². The number of amides is 1. The van der Waals surface area contributed by atoms with Crippen LogP contribution >= 0.6 is 0 Å². The number of ketones is 1. The van der Waals surface area contributed by atoms with Crippen molar-refractivity contribution in [2.24, 2.45) is 50.7 Å². The molecule has 4 fully saturated rings. The number of aryl methyl sites for hydroxylation is 1. The van der Waals surface area contributed by atoms with E-state index in [0.717, 1.165) is 61.8 Å². The van der Waals surface area contributed by atoms with Crippen LogP contribution in [0.15, 0.2) is 35.4 Å². The number of benzene rings is 1. The number of aliphatic hydroxyl groups excluding tert-OH is 1. The summed E-state index contributed by atoms with van der Waals surface area (Å²) in [6, 6.07) is 8.03. The molecule has 0 unspecified atom stereocenters. The predicted octanol–water partition coefficient (Wildman–Crippen LogP) is 8.28. The second-order valence-electron chi connectivity index (χ2n) is 16.5. The highest BCUT2D eigenvalue weighted by Crippen LogP contribution is 2.76. The minimum absolute atomic E-state index is 0.0216. The minimum atomic E-state index is -0.729. The lowest BCUT2D eigenvalue weighted by Crippen LogP contribution is -2.66. The van der Waals surface area contributed by atoms with Crippen LogP contribution in [0.2, 0.25) is 0 Å². The summed E-state index contributed by atoms with van der Waals surface area (Å²) in [7, 11) is 0. The summed E-state index contributed by atoms with van der Waals surface area (Å²) in [5, 5.41) is 14.3. The molecule has 0 saturated heterocycles. The highest BCUT2D eigenvalue weighted by Gasteiger charge is 2.70. The molecule has 41 heavy (non-hydrogen) atoms. The standard InChI is InChI=1S/C37H53NO3/c1-22(2)30-26(39)21-37(32(41)38-24-11-9-23(3)10-12-24)20-19-35(7)25(31(30)37)13-14-28-34(6)17-16-29(40)33(4,5)27(34)15-18-36(28,35)8/h9-12,22,25,27-29,40H,13-21H2,1-8H3,(H,38,41)/t25-,27+,28-,29+,34+,35-,36-,37-/m1/s1. The van der Waals surface area contributed by atoms with Gasteiger partial charge in [-0.15, -0.1) is 0 Å². The number of rotatable bonds is 3. The molecule has 5 aliphatic carbocycles. The maximum absolute atomic E-state index is 14.3. The second kappa shape index (κ2) is 9.28. The first-order valence-corrected chi connectivity index (χ1v) is 16.5. The Kier molecular flexibility index (Phi) is 6.60. The molecule has 1 aromatic carbocycles. The van der Waals surface area contributed by atoms with Gasteiger partial charge in [0.25, 0.3) is 0 Å². The van der Waals surface area contributed by atoms with Crippen molar-refractivity contribution >= 4 is 17.4 Å². The SMILES string of the molecule is Cc1ccc(NC(=O)[C@@]23CC[C@]4(C)[C@H](CC[C@@H]5[C@@]6(C)CC[C@H](O)C(C)(C)[C@@H]6CC[C@]54C)C2=C(C(C)C)C(=O)C3)cc1. The minimum Gasteiger partial charge on any atom is -0.393 e. The van der Waals surface area contributed by atoms with Crippen LogP contribution in [0.1, 0.15) is 112 Å². The molecule has 1 aromatic rings. The van der Waals surface area contributed by atoms with E-state index in [1.165, 1.54) is 12.0 Å². The number of hydrogen-bond donors (Lipinski definition) is 2. The number of carbonyl (C=O) groups is 2. The molecule has 1 amide bonds. The lowest BCUT2D eigenvalue weighted by molar-refractivity contribution is -0.228. The normalized spacial score (nSPS) is 43.2. The Hall–Kier alpha value is -1.94. The van der Waals surface area contributed by atoms with E-state index >= 15 is 0 Å². The Balaban J connectivity index is 1.41. The summed E-state index contributed by atoms with van der Waals surface area (Å²) >= 11 is 0. The van der Waals surface area contributed by atoms with E-state index in [1.54, 1.807) is 0 Å². The molecule has 0 radical (unpaired) electrons. The zero-order chi connectivity index (χ0) is 29.8. The van der Waals surface area contributed by atoms with Crippen LogP contribution in [0.25, 0.3) is 0 Å². The van der Waals surface area contributed by atoms with Gasteiger partial charge >= 0.3 is 0 Å². The number of carbonyl (C=O) groups excluding carboxylic acids is 2. The van der Waals surface area contributed by atoms with Crippen molar-refractivity contribution < 1.29 is 14.7 Å². The molecule has 0 bridgehead atoms. The Bertz CT molecular complexity index is 1290. The van der Waals surface area contributed by atoms with Crippen molar-refractivity contribution in [3.05, 3.63) is 41.0 Å². The largest absolute Gasteiger partial charge is 0.393 e. The average Bonchev–Trinajstić information content (AvgIpc) is 3.21. The fourth-order valence-electron chi connectivity index (χ4n) is 11.8. The summed E-state index contributed by atoms with van der Waals surface area (Å²) in [5.74, 6) is 1.72. The fraction of sp³-hybridized carbons (Fsp3) is 0.730. The van der Waals surface area contributed by atoms with Crippen molar-refractivity contribution in [1.82, 2.24) is 0 Å². The molecule has 4 saturated carbocycles. The summed E-state index contributed by atoms with van der Waals surface area (Å²) < 4.78 is 0. The third kappa shape index (κ3) is 3.80. The van der Waals surface area contributed by atoms with E-state index in [0.29, 0.717) is 18.3 Å². The van der Waals surface area contributed by atoms with Gasteiger partial charge in [0.2, 0.25) is 5.91 Å². The molecular weight excluding hydrogens is 506 g/mol. The third-order valence-electron chi connectivity index (χ3n) is 14.2. The first-order chi connectivity index (χ1) is 19.1. The Labute approximate surface area is 248 Å². The summed E-state index contributed by atoms with van der Waals surface area (Å²) in [6.45, 7) is 18.6. The van der Waals surface area contributed by atoms with Crippen molar-refractivity contribution in [1.29, 1.82) is 0 Å². The van der Waals surface area contributed by atoms with Gasteiger partial charge in [0.15, 0.2) is 5.78 Å². The number of allylic oxidation sites excluding steroid dienone is 1. The molecule has 0 heterocycles. The maximum Gasteiger partial charge on any atom is 0.235 e. The molecule has 6 rings (SSSR count). The molecule has 4 nitrogen and oxygen atoms in total. The summed E-state index contributed by atoms with van der Waals surface area (Å²) in [4.78, 5) is 28.1. The van der Waals surface area contributed by atoms with Crippen LogP contribution in [0, 0.1) is 57.7 Å². The van der Waals surface area contributed by atoms with Crippen LogP contribution in [-0.2, 0) is 9.59 Å². The molecule has 8 atom stereocenters. The molecular formula is C37H53NO3. The number of hydrogen-bond acceptors (Lipinski definition) is 3. The lowest BCUT2D eigenvalue weighted by atomic mass is 9.33. The van der Waals surface area contributed by atoms with E-state index in [9.17, 15) is 14.7 Å². The highest BCUT2D eigenvalue weighted by atomic mass is 16.3. The Morgan fingerprint density at radius 3 is 2.22 bits per heavy atom. The van der Waals surface area contributed by atoms with Crippen molar-refractivity contribution in [3.63, 3.8) is 0 Å². The summed E-state index contributed by atoms with van der Waals surface area (Å²) in [6.07, 6.45) is 8.37. The molecule has 0 aliphatic heterocycles. The first-order valence-electron chi connectivity index (χ1n) is 16.5. The molecule has 5 aliphatic rings. The van der Waals surface area contributed by atoms with Crippen LogP contribution in [0.3, 0.4) is 0 Å². The number of Topliss-reactive ketones (excluding diaryl/α,β-unsaturated/α-hetero) is 1. The zero-order valence-corrected chi connectivity index (χ0v) is 26.8. The monoisotopic (exact) mass is 559 g/mol. The maximum atomic E-state index is 14.3. The fourth-order valence-corrected chi connectivity index (χ4v) is 11.8. The van der Waals surface area contributed by atoms with Gasteiger partial charge in [-0.2, -0.15) is 0 Å². The van der Waals surface area contributed by atoms with Gasteiger partial charge in [-0.3, -0.25) is 9.59 Å². The smallest absolute Gasteiger partial charge is 0.235 e. The quantitative estimate of drug-likeness (QED) is 0.392. The van der Waals surface area contributed by atoms with E-state index < -0.39 is 5.41 Å². The van der Waals surface area contributed by atoms with Crippen LogP contribution in [-0.4, -0.2) is 22.9 Å². The third-order valence-corrected chi connectivity index (χ3v) is 14.2. The first kappa shape index (κ1) is 29.1. The van der Waals surface area contributed by atoms with Gasteiger partial charge in [-0.25, -0.2) is 0 Å². The van der Waals surface area contributed by atoms with Crippen molar-refractivity contribution in [2.75, 3.05) is 5.32 Å². The topological polar surface area (TPSA) is 66.4 Å². The molecule has 0 aromatic heterocycles. The second-order valence-corrected chi connectivity index (χ2v) is 16.5. The Morgan fingerprint density at radius 2 is 1.56 bits per heavy atom. The number of anilines is 1. The molecule has 224 valence electrons. The predicted molar refractivity (Wildman–Crippen MR) is 165 cm³/mol. The van der Waals surface area contributed by atoms with Gasteiger partial charge < -0.3 is 10.4 Å². The lowest BCUT2D eigenvalue weighted by Gasteiger charge is -2.72. The Morgan fingerprint density at radius 1 is 0.878 bits per heavy atom. The van der Waals surface area contributed by atoms with Crippen molar-refractivity contribution in [2.45, 2.75) is 119 Å². The summed E-state index contributed by atoms with van der Waals surface area (Å²) in [5.41, 5.74) is 3.75. The van der Waals surface area contributed by atoms with Gasteiger partial charge in [-0.05, 0) is 127 Å². The van der Waals surface area contributed by atoms with Crippen LogP contribution < -0.4 is 5.32 Å². The zero-order valence-electron chi connectivity index (χ0n) is 26.8. The van der Waals surface area contributed by atoms with E-state index in [1.807, 2.05) is 24.3 Å².